The number of halogens is 1. The number of imidazole rings is 1. The Hall–Kier alpha value is -2.80. The summed E-state index contributed by atoms with van der Waals surface area (Å²) in [5.41, 5.74) is 1.26. The number of benzene rings is 1. The molecule has 0 saturated carbocycles. The Balaban J connectivity index is 1.90. The van der Waals surface area contributed by atoms with E-state index < -0.39 is 0 Å². The number of hydrogen-bond donors (Lipinski definition) is 1. The molecule has 1 amide bonds. The summed E-state index contributed by atoms with van der Waals surface area (Å²) in [4.78, 5) is 28.8. The zero-order valence-corrected chi connectivity index (χ0v) is 13.9. The standard InChI is InChI=1S/C16H15ClN4O3/c1-20-15-12(4-3-7-18-15)21(16(20)23)9-14(22)19-11-8-10(17)5-6-13(11)24-2/h3-8H,9H2,1-2H3,(H,19,22). The van der Waals surface area contributed by atoms with Crippen LogP contribution in [0.5, 0.6) is 5.75 Å². The number of ether oxygens (including phenoxy) is 1. The van der Waals surface area contributed by atoms with E-state index in [1.54, 1.807) is 43.6 Å². The number of pyridine rings is 1. The number of amides is 1. The quantitative estimate of drug-likeness (QED) is 0.784. The number of aromatic nitrogens is 3. The molecule has 1 N–H and O–H groups in total. The van der Waals surface area contributed by atoms with Crippen molar-refractivity contribution in [2.75, 3.05) is 12.4 Å². The number of nitrogens with one attached hydrogen (secondary N) is 1. The van der Waals surface area contributed by atoms with Crippen LogP contribution in [0.2, 0.25) is 5.02 Å². The van der Waals surface area contributed by atoms with Crippen molar-refractivity contribution in [2.24, 2.45) is 7.05 Å². The second kappa shape index (κ2) is 6.37. The first kappa shape index (κ1) is 16.1. The van der Waals surface area contributed by atoms with E-state index in [1.807, 2.05) is 0 Å². The maximum absolute atomic E-state index is 12.4. The molecule has 1 aromatic carbocycles. The van der Waals surface area contributed by atoms with Crippen LogP contribution in [0.3, 0.4) is 0 Å². The van der Waals surface area contributed by atoms with Gasteiger partial charge in [-0.1, -0.05) is 11.6 Å². The lowest BCUT2D eigenvalue weighted by Crippen LogP contribution is -2.28. The Morgan fingerprint density at radius 2 is 2.17 bits per heavy atom. The summed E-state index contributed by atoms with van der Waals surface area (Å²) in [5.74, 6) is 0.119. The van der Waals surface area contributed by atoms with E-state index in [4.69, 9.17) is 16.3 Å². The molecule has 3 aromatic rings. The van der Waals surface area contributed by atoms with E-state index in [1.165, 1.54) is 16.2 Å². The molecule has 2 aromatic heterocycles. The van der Waals surface area contributed by atoms with Gasteiger partial charge in [-0.2, -0.15) is 0 Å². The molecule has 0 radical (unpaired) electrons. The molecule has 0 aliphatic carbocycles. The van der Waals surface area contributed by atoms with Crippen LogP contribution in [-0.2, 0) is 18.4 Å². The van der Waals surface area contributed by atoms with Gasteiger partial charge in [0.25, 0.3) is 0 Å². The molecule has 0 atom stereocenters. The number of carbonyl (C=O) groups excluding carboxylic acids is 1. The van der Waals surface area contributed by atoms with Crippen LogP contribution >= 0.6 is 11.6 Å². The molecule has 0 aliphatic heterocycles. The first-order valence-electron chi connectivity index (χ1n) is 7.15. The second-order valence-electron chi connectivity index (χ2n) is 5.17. The van der Waals surface area contributed by atoms with Crippen molar-refractivity contribution >= 4 is 34.4 Å². The molecule has 124 valence electrons. The van der Waals surface area contributed by atoms with E-state index in [0.29, 0.717) is 27.6 Å². The van der Waals surface area contributed by atoms with Gasteiger partial charge in [0.2, 0.25) is 5.91 Å². The van der Waals surface area contributed by atoms with Crippen molar-refractivity contribution in [3.8, 4) is 5.75 Å². The van der Waals surface area contributed by atoms with E-state index in [0.717, 1.165) is 0 Å². The van der Waals surface area contributed by atoms with Crippen molar-refractivity contribution in [3.05, 3.63) is 52.0 Å². The molecule has 0 bridgehead atoms. The van der Waals surface area contributed by atoms with Crippen LogP contribution in [0.25, 0.3) is 11.2 Å². The number of nitrogens with zero attached hydrogens (tertiary/aromatic N) is 3. The molecule has 2 heterocycles. The van der Waals surface area contributed by atoms with Crippen molar-refractivity contribution < 1.29 is 9.53 Å². The smallest absolute Gasteiger partial charge is 0.330 e. The molecule has 3 rings (SSSR count). The third-order valence-corrected chi connectivity index (χ3v) is 3.86. The fourth-order valence-electron chi connectivity index (χ4n) is 2.50. The highest BCUT2D eigenvalue weighted by atomic mass is 35.5. The number of fused-ring (bicyclic) bond motifs is 1. The Labute approximate surface area is 142 Å². The Kier molecular flexibility index (Phi) is 4.26. The lowest BCUT2D eigenvalue weighted by Gasteiger charge is -2.11. The van der Waals surface area contributed by atoms with Gasteiger partial charge in [-0.3, -0.25) is 13.9 Å². The maximum atomic E-state index is 12.4. The third-order valence-electron chi connectivity index (χ3n) is 3.63. The average Bonchev–Trinajstić information content (AvgIpc) is 2.80. The number of aryl methyl sites for hydroxylation is 1. The minimum Gasteiger partial charge on any atom is -0.495 e. The summed E-state index contributed by atoms with van der Waals surface area (Å²) in [6.07, 6.45) is 1.60. The lowest BCUT2D eigenvalue weighted by molar-refractivity contribution is -0.116. The molecule has 7 nitrogen and oxygen atoms in total. The predicted molar refractivity (Wildman–Crippen MR) is 91.6 cm³/mol. The van der Waals surface area contributed by atoms with Crippen LogP contribution in [0, 0.1) is 0 Å². The highest BCUT2D eigenvalue weighted by Crippen LogP contribution is 2.27. The van der Waals surface area contributed by atoms with E-state index in [-0.39, 0.29) is 18.1 Å². The van der Waals surface area contributed by atoms with Crippen LogP contribution in [0.1, 0.15) is 0 Å². The van der Waals surface area contributed by atoms with Gasteiger partial charge < -0.3 is 10.1 Å². The molecule has 0 aliphatic rings. The predicted octanol–water partition coefficient (Wildman–Crippen LogP) is 2.04. The zero-order valence-electron chi connectivity index (χ0n) is 13.1. The molecular formula is C16H15ClN4O3. The molecule has 0 saturated heterocycles. The molecule has 8 heteroatoms. The fraction of sp³-hybridized carbons (Fsp3) is 0.188. The lowest BCUT2D eigenvalue weighted by atomic mass is 10.3. The summed E-state index contributed by atoms with van der Waals surface area (Å²) >= 11 is 5.95. The van der Waals surface area contributed by atoms with Crippen LogP contribution in [-0.4, -0.2) is 27.1 Å². The van der Waals surface area contributed by atoms with Crippen molar-refractivity contribution in [1.82, 2.24) is 14.1 Å². The van der Waals surface area contributed by atoms with E-state index in [2.05, 4.69) is 10.3 Å². The van der Waals surface area contributed by atoms with Crippen molar-refractivity contribution in [1.29, 1.82) is 0 Å². The third kappa shape index (κ3) is 2.85. The molecule has 0 fully saturated rings. The number of hydrogen-bond acceptors (Lipinski definition) is 4. The maximum Gasteiger partial charge on any atom is 0.330 e. The van der Waals surface area contributed by atoms with Crippen LogP contribution in [0.15, 0.2) is 41.3 Å². The highest BCUT2D eigenvalue weighted by Gasteiger charge is 2.15. The first-order chi connectivity index (χ1) is 11.5. The van der Waals surface area contributed by atoms with Gasteiger partial charge in [0.1, 0.15) is 12.3 Å². The number of methoxy groups -OCH3 is 1. The van der Waals surface area contributed by atoms with Crippen molar-refractivity contribution in [2.45, 2.75) is 6.54 Å². The van der Waals surface area contributed by atoms with E-state index >= 15 is 0 Å². The first-order valence-corrected chi connectivity index (χ1v) is 7.52. The number of rotatable bonds is 4. The normalized spacial score (nSPS) is 10.8. The summed E-state index contributed by atoms with van der Waals surface area (Å²) in [6, 6.07) is 8.38. The summed E-state index contributed by atoms with van der Waals surface area (Å²) < 4.78 is 7.97. The summed E-state index contributed by atoms with van der Waals surface area (Å²) in [7, 11) is 3.12. The SMILES string of the molecule is COc1ccc(Cl)cc1NC(=O)Cn1c(=O)n(C)c2ncccc21. The largest absolute Gasteiger partial charge is 0.495 e. The topological polar surface area (TPSA) is 78.1 Å². The molecule has 0 spiro atoms. The van der Waals surface area contributed by atoms with Crippen molar-refractivity contribution in [3.63, 3.8) is 0 Å². The average molecular weight is 347 g/mol. The summed E-state index contributed by atoms with van der Waals surface area (Å²) in [6.45, 7) is -0.141. The Bertz CT molecular complexity index is 977. The van der Waals surface area contributed by atoms with Gasteiger partial charge in [0, 0.05) is 18.3 Å². The van der Waals surface area contributed by atoms with Gasteiger partial charge in [0.15, 0.2) is 5.65 Å². The van der Waals surface area contributed by atoms with Gasteiger partial charge in [0.05, 0.1) is 18.3 Å². The van der Waals surface area contributed by atoms with Gasteiger partial charge in [-0.05, 0) is 30.3 Å². The summed E-state index contributed by atoms with van der Waals surface area (Å²) in [5, 5.41) is 3.18. The monoisotopic (exact) mass is 346 g/mol. The Morgan fingerprint density at radius 1 is 1.38 bits per heavy atom. The number of anilines is 1. The Morgan fingerprint density at radius 3 is 2.92 bits per heavy atom. The van der Waals surface area contributed by atoms with Crippen LogP contribution < -0.4 is 15.7 Å². The fourth-order valence-corrected chi connectivity index (χ4v) is 2.67. The second-order valence-corrected chi connectivity index (χ2v) is 5.60. The van der Waals surface area contributed by atoms with Crippen LogP contribution in [0.4, 0.5) is 5.69 Å². The van der Waals surface area contributed by atoms with E-state index in [9.17, 15) is 9.59 Å². The van der Waals surface area contributed by atoms with Gasteiger partial charge in [-0.25, -0.2) is 9.78 Å². The molecule has 0 unspecified atom stereocenters. The van der Waals surface area contributed by atoms with Gasteiger partial charge >= 0.3 is 5.69 Å². The molecular weight excluding hydrogens is 332 g/mol. The molecule has 24 heavy (non-hydrogen) atoms. The minimum atomic E-state index is -0.367. The zero-order chi connectivity index (χ0) is 17.3. The van der Waals surface area contributed by atoms with Gasteiger partial charge in [-0.15, -0.1) is 0 Å². The highest BCUT2D eigenvalue weighted by molar-refractivity contribution is 6.31. The minimum absolute atomic E-state index is 0.141. The number of carbonyl (C=O) groups is 1.